The quantitative estimate of drug-likeness (QED) is 0.363. The van der Waals surface area contributed by atoms with Crippen LogP contribution in [0.15, 0.2) is 71.5 Å². The maximum absolute atomic E-state index is 13.3. The molecule has 7 nitrogen and oxygen atoms in total. The summed E-state index contributed by atoms with van der Waals surface area (Å²) in [6.07, 6.45) is 0.892. The number of hydrogen-bond acceptors (Lipinski definition) is 4. The van der Waals surface area contributed by atoms with Crippen molar-refractivity contribution in [3.63, 3.8) is 0 Å². The molecule has 1 aliphatic rings. The van der Waals surface area contributed by atoms with Crippen LogP contribution in [0.3, 0.4) is 0 Å². The molecule has 2 amide bonds. The first-order valence-electron chi connectivity index (χ1n) is 11.3. The van der Waals surface area contributed by atoms with Crippen molar-refractivity contribution in [3.8, 4) is 11.5 Å². The summed E-state index contributed by atoms with van der Waals surface area (Å²) in [6, 6.07) is 20.0. The van der Waals surface area contributed by atoms with Crippen LogP contribution in [0, 0.1) is 0 Å². The number of urea groups is 1. The summed E-state index contributed by atoms with van der Waals surface area (Å²) in [5, 5.41) is 4.33. The third kappa shape index (κ3) is 5.10. The topological polar surface area (TPSA) is 83.7 Å². The van der Waals surface area contributed by atoms with Crippen LogP contribution in [-0.2, 0) is 19.5 Å². The van der Waals surface area contributed by atoms with Crippen molar-refractivity contribution in [1.82, 2.24) is 9.88 Å². The molecule has 0 bridgehead atoms. The van der Waals surface area contributed by atoms with E-state index in [4.69, 9.17) is 21.1 Å². The van der Waals surface area contributed by atoms with Crippen LogP contribution in [-0.4, -0.2) is 22.7 Å². The van der Waals surface area contributed by atoms with Crippen molar-refractivity contribution in [2.45, 2.75) is 26.4 Å². The fraction of sp³-hybridized carbons (Fsp3) is 0.185. The van der Waals surface area contributed by atoms with Gasteiger partial charge in [-0.05, 0) is 71.5 Å². The summed E-state index contributed by atoms with van der Waals surface area (Å²) in [7, 11) is 0. The van der Waals surface area contributed by atoms with Crippen LogP contribution >= 0.6 is 11.6 Å². The van der Waals surface area contributed by atoms with Gasteiger partial charge < -0.3 is 24.7 Å². The summed E-state index contributed by atoms with van der Waals surface area (Å²) >= 11 is 6.09. The Hall–Kier alpha value is -3.97. The largest absolute Gasteiger partial charge is 0.454 e. The number of nitrogens with zero attached hydrogens (tertiary/aromatic N) is 1. The van der Waals surface area contributed by atoms with E-state index in [1.807, 2.05) is 36.4 Å². The highest BCUT2D eigenvalue weighted by Gasteiger charge is 2.20. The van der Waals surface area contributed by atoms with Gasteiger partial charge in [-0.3, -0.25) is 4.79 Å². The summed E-state index contributed by atoms with van der Waals surface area (Å²) in [5.74, 6) is 1.30. The number of aromatic nitrogens is 1. The van der Waals surface area contributed by atoms with E-state index in [-0.39, 0.29) is 31.5 Å². The van der Waals surface area contributed by atoms with Crippen LogP contribution in [0.1, 0.15) is 23.6 Å². The fourth-order valence-corrected chi connectivity index (χ4v) is 4.26. The highest BCUT2D eigenvalue weighted by Crippen LogP contribution is 2.33. The zero-order valence-electron chi connectivity index (χ0n) is 19.1. The molecule has 0 atom stereocenters. The monoisotopic (exact) mass is 489 g/mol. The lowest BCUT2D eigenvalue weighted by molar-refractivity contribution is 0.174. The van der Waals surface area contributed by atoms with E-state index in [0.29, 0.717) is 27.8 Å². The molecule has 0 aliphatic carbocycles. The molecule has 4 aromatic rings. The molecule has 0 spiro atoms. The minimum absolute atomic E-state index is 0.114. The molecular weight excluding hydrogens is 466 g/mol. The van der Waals surface area contributed by atoms with Gasteiger partial charge in [-0.2, -0.15) is 0 Å². The van der Waals surface area contributed by atoms with Crippen LogP contribution in [0.2, 0.25) is 5.02 Å². The molecule has 0 fully saturated rings. The molecule has 2 heterocycles. The van der Waals surface area contributed by atoms with Gasteiger partial charge in [0.15, 0.2) is 11.5 Å². The van der Waals surface area contributed by atoms with Crippen LogP contribution < -0.4 is 20.3 Å². The number of fused-ring (bicyclic) bond motifs is 2. The number of carbonyl (C=O) groups excluding carboxylic acids is 1. The van der Waals surface area contributed by atoms with Gasteiger partial charge >= 0.3 is 6.03 Å². The maximum Gasteiger partial charge on any atom is 0.322 e. The second kappa shape index (κ2) is 9.72. The third-order valence-electron chi connectivity index (χ3n) is 5.93. The number of benzene rings is 3. The first-order valence-corrected chi connectivity index (χ1v) is 11.7. The number of anilines is 1. The predicted octanol–water partition coefficient (Wildman–Crippen LogP) is 5.71. The van der Waals surface area contributed by atoms with E-state index < -0.39 is 0 Å². The lowest BCUT2D eigenvalue weighted by Gasteiger charge is -2.23. The van der Waals surface area contributed by atoms with Gasteiger partial charge in [0.25, 0.3) is 5.56 Å². The Kier molecular flexibility index (Phi) is 6.33. The average molecular weight is 490 g/mol. The average Bonchev–Trinajstić information content (AvgIpc) is 3.31. The zero-order chi connectivity index (χ0) is 24.4. The van der Waals surface area contributed by atoms with Crippen molar-refractivity contribution >= 4 is 34.2 Å². The van der Waals surface area contributed by atoms with Crippen molar-refractivity contribution in [2.75, 3.05) is 12.1 Å². The minimum atomic E-state index is -0.355. The van der Waals surface area contributed by atoms with Crippen LogP contribution in [0.4, 0.5) is 10.5 Å². The summed E-state index contributed by atoms with van der Waals surface area (Å²) < 4.78 is 10.9. The van der Waals surface area contributed by atoms with Crippen molar-refractivity contribution < 1.29 is 14.3 Å². The number of amides is 2. The van der Waals surface area contributed by atoms with E-state index in [1.54, 1.807) is 29.2 Å². The van der Waals surface area contributed by atoms with Gasteiger partial charge in [0.2, 0.25) is 6.79 Å². The molecule has 8 heteroatoms. The second-order valence-electron chi connectivity index (χ2n) is 8.38. The van der Waals surface area contributed by atoms with Crippen molar-refractivity contribution in [2.24, 2.45) is 0 Å². The van der Waals surface area contributed by atoms with Gasteiger partial charge in [-0.25, -0.2) is 4.79 Å². The number of rotatable bonds is 6. The number of pyridine rings is 1. The SMILES string of the molecule is CCc1ccc2[nH]c(=O)c(CN(Cc3ccc4c(c3)OCO4)C(=O)Nc3cccc(Cl)c3)cc2c1. The maximum atomic E-state index is 13.3. The molecule has 0 radical (unpaired) electrons. The summed E-state index contributed by atoms with van der Waals surface area (Å²) in [6.45, 7) is 2.63. The van der Waals surface area contributed by atoms with Gasteiger partial charge in [-0.1, -0.05) is 36.7 Å². The lowest BCUT2D eigenvalue weighted by Crippen LogP contribution is -2.35. The predicted molar refractivity (Wildman–Crippen MR) is 136 cm³/mol. The normalized spacial score (nSPS) is 12.1. The first-order chi connectivity index (χ1) is 17.0. The molecule has 0 saturated carbocycles. The van der Waals surface area contributed by atoms with Gasteiger partial charge in [0, 0.05) is 28.3 Å². The molecule has 1 aliphatic heterocycles. The Morgan fingerprint density at radius 1 is 1.00 bits per heavy atom. The van der Waals surface area contributed by atoms with Gasteiger partial charge in [-0.15, -0.1) is 0 Å². The molecule has 2 N–H and O–H groups in total. The number of ether oxygens (including phenoxy) is 2. The smallest absolute Gasteiger partial charge is 0.322 e. The van der Waals surface area contributed by atoms with E-state index >= 15 is 0 Å². The van der Waals surface area contributed by atoms with E-state index in [9.17, 15) is 9.59 Å². The number of nitrogens with one attached hydrogen (secondary N) is 2. The highest BCUT2D eigenvalue weighted by atomic mass is 35.5. The Labute approximate surface area is 207 Å². The number of aromatic amines is 1. The van der Waals surface area contributed by atoms with Gasteiger partial charge in [0.1, 0.15) is 0 Å². The number of aryl methyl sites for hydroxylation is 1. The molecule has 1 aromatic heterocycles. The number of halogens is 1. The van der Waals surface area contributed by atoms with E-state index in [1.165, 1.54) is 5.56 Å². The minimum Gasteiger partial charge on any atom is -0.454 e. The third-order valence-corrected chi connectivity index (χ3v) is 6.16. The molecule has 5 rings (SSSR count). The Balaban J connectivity index is 1.47. The van der Waals surface area contributed by atoms with Crippen LogP contribution in [0.5, 0.6) is 11.5 Å². The highest BCUT2D eigenvalue weighted by molar-refractivity contribution is 6.30. The van der Waals surface area contributed by atoms with E-state index in [0.717, 1.165) is 22.9 Å². The molecular formula is C27H24ClN3O4. The van der Waals surface area contributed by atoms with Crippen LogP contribution in [0.25, 0.3) is 10.9 Å². The molecule has 178 valence electrons. The number of H-pyrrole nitrogens is 1. The number of carbonyl (C=O) groups is 1. The Morgan fingerprint density at radius 3 is 2.66 bits per heavy atom. The Morgan fingerprint density at radius 2 is 1.83 bits per heavy atom. The first kappa shape index (κ1) is 22.8. The van der Waals surface area contributed by atoms with Crippen molar-refractivity contribution in [1.29, 1.82) is 0 Å². The second-order valence-corrected chi connectivity index (χ2v) is 8.82. The molecule has 35 heavy (non-hydrogen) atoms. The molecule has 3 aromatic carbocycles. The standard InChI is InChI=1S/C27H24ClN3O4/c1-2-17-6-8-23-19(10-17)12-20(26(32)30-23)15-31(27(33)29-22-5-3-4-21(28)13-22)14-18-7-9-24-25(11-18)35-16-34-24/h3-13H,2,14-16H2,1H3,(H,29,33)(H,30,32). The van der Waals surface area contributed by atoms with E-state index in [2.05, 4.69) is 23.3 Å². The number of hydrogen-bond donors (Lipinski definition) is 2. The van der Waals surface area contributed by atoms with Crippen molar-refractivity contribution in [3.05, 3.63) is 98.8 Å². The molecule has 0 unspecified atom stereocenters. The Bertz CT molecular complexity index is 1470. The molecule has 0 saturated heterocycles. The summed E-state index contributed by atoms with van der Waals surface area (Å²) in [4.78, 5) is 30.8. The van der Waals surface area contributed by atoms with Gasteiger partial charge in [0.05, 0.1) is 6.54 Å². The lowest BCUT2D eigenvalue weighted by atomic mass is 10.1. The summed E-state index contributed by atoms with van der Waals surface area (Å²) in [5.41, 5.74) is 3.62. The zero-order valence-corrected chi connectivity index (χ0v) is 19.9. The fourth-order valence-electron chi connectivity index (χ4n) is 4.07.